The van der Waals surface area contributed by atoms with Crippen LogP contribution in [0.1, 0.15) is 21.0 Å². The molecule has 3 aromatic rings. The van der Waals surface area contributed by atoms with Crippen LogP contribution in [0.3, 0.4) is 0 Å². The first kappa shape index (κ1) is 16.9. The topological polar surface area (TPSA) is 71.1 Å². The van der Waals surface area contributed by atoms with Gasteiger partial charge in [0.25, 0.3) is 11.8 Å². The number of amides is 2. The van der Waals surface area contributed by atoms with Crippen molar-refractivity contribution in [2.24, 2.45) is 0 Å². The van der Waals surface area contributed by atoms with Gasteiger partial charge in [-0.1, -0.05) is 40.2 Å². The van der Waals surface area contributed by atoms with Gasteiger partial charge in [0.2, 0.25) is 0 Å². The zero-order valence-electron chi connectivity index (χ0n) is 13.1. The maximum Gasteiger partial charge on any atom is 0.274 e. The second kappa shape index (κ2) is 7.72. The molecule has 1 heterocycles. The predicted molar refractivity (Wildman–Crippen MR) is 101 cm³/mol. The molecule has 2 N–H and O–H groups in total. The summed E-state index contributed by atoms with van der Waals surface area (Å²) in [6.07, 6.45) is 0. The number of nitrogens with one attached hydrogen (secondary N) is 2. The highest BCUT2D eigenvalue weighted by Crippen LogP contribution is 2.15. The highest BCUT2D eigenvalue weighted by Gasteiger charge is 2.13. The molecular weight excluding hydrogens is 382 g/mol. The number of para-hydroxylation sites is 1. The summed E-state index contributed by atoms with van der Waals surface area (Å²) in [5.41, 5.74) is 1.66. The molecule has 0 spiro atoms. The molecule has 0 saturated heterocycles. The first-order chi connectivity index (χ1) is 12.1. The van der Waals surface area contributed by atoms with Crippen molar-refractivity contribution in [1.29, 1.82) is 0 Å². The molecule has 0 atom stereocenters. The molecular formula is C19H14BrN3O2. The van der Waals surface area contributed by atoms with Gasteiger partial charge in [0.05, 0.1) is 0 Å². The fourth-order valence-corrected chi connectivity index (χ4v) is 2.40. The molecule has 1 aromatic heterocycles. The predicted octanol–water partition coefficient (Wildman–Crippen LogP) is 4.35. The average Bonchev–Trinajstić information content (AvgIpc) is 2.64. The molecule has 6 heteroatoms. The van der Waals surface area contributed by atoms with Crippen LogP contribution in [0.5, 0.6) is 0 Å². The van der Waals surface area contributed by atoms with Gasteiger partial charge in [-0.2, -0.15) is 0 Å². The van der Waals surface area contributed by atoms with Gasteiger partial charge in [-0.25, -0.2) is 4.98 Å². The third kappa shape index (κ3) is 4.51. The summed E-state index contributed by atoms with van der Waals surface area (Å²) in [7, 11) is 0. The standard InChI is InChI=1S/C19H14BrN3O2/c20-13-9-11-15(12-10-13)22-19(25)17-8-4-7-16(23-17)18(24)21-14-5-2-1-3-6-14/h1-12H,(H,21,24)(H,22,25). The highest BCUT2D eigenvalue weighted by atomic mass is 79.9. The largest absolute Gasteiger partial charge is 0.321 e. The van der Waals surface area contributed by atoms with Crippen molar-refractivity contribution in [3.63, 3.8) is 0 Å². The maximum absolute atomic E-state index is 12.3. The van der Waals surface area contributed by atoms with Crippen molar-refractivity contribution in [3.8, 4) is 0 Å². The van der Waals surface area contributed by atoms with Gasteiger partial charge >= 0.3 is 0 Å². The first-order valence-electron chi connectivity index (χ1n) is 7.52. The van der Waals surface area contributed by atoms with Crippen LogP contribution in [0.4, 0.5) is 11.4 Å². The third-order valence-corrected chi connectivity index (χ3v) is 3.88. The monoisotopic (exact) mass is 395 g/mol. The van der Waals surface area contributed by atoms with Crippen LogP contribution in [0.15, 0.2) is 77.3 Å². The number of anilines is 2. The van der Waals surface area contributed by atoms with E-state index in [4.69, 9.17) is 0 Å². The molecule has 0 saturated carbocycles. The van der Waals surface area contributed by atoms with Crippen LogP contribution in [0.2, 0.25) is 0 Å². The van der Waals surface area contributed by atoms with Gasteiger partial charge in [-0.15, -0.1) is 0 Å². The number of nitrogens with zero attached hydrogens (tertiary/aromatic N) is 1. The lowest BCUT2D eigenvalue weighted by atomic mass is 10.2. The van der Waals surface area contributed by atoms with E-state index in [1.54, 1.807) is 42.5 Å². The number of benzene rings is 2. The lowest BCUT2D eigenvalue weighted by Gasteiger charge is -2.07. The minimum absolute atomic E-state index is 0.170. The Morgan fingerprint density at radius 1 is 0.680 bits per heavy atom. The van der Waals surface area contributed by atoms with Gasteiger partial charge in [0.15, 0.2) is 0 Å². The number of carbonyl (C=O) groups excluding carboxylic acids is 2. The van der Waals surface area contributed by atoms with Gasteiger partial charge in [0.1, 0.15) is 11.4 Å². The van der Waals surface area contributed by atoms with Crippen LogP contribution < -0.4 is 10.6 Å². The van der Waals surface area contributed by atoms with E-state index in [-0.39, 0.29) is 23.2 Å². The molecule has 0 aliphatic rings. The summed E-state index contributed by atoms with van der Waals surface area (Å²) in [5.74, 6) is -0.749. The van der Waals surface area contributed by atoms with Gasteiger partial charge in [-0.3, -0.25) is 9.59 Å². The Hall–Kier alpha value is -2.99. The molecule has 0 bridgehead atoms. The summed E-state index contributed by atoms with van der Waals surface area (Å²) in [6, 6.07) is 21.0. The fraction of sp³-hybridized carbons (Fsp3) is 0. The van der Waals surface area contributed by atoms with Crippen LogP contribution in [-0.4, -0.2) is 16.8 Å². The Balaban J connectivity index is 1.73. The number of carbonyl (C=O) groups is 2. The molecule has 3 rings (SSSR count). The van der Waals surface area contributed by atoms with Crippen LogP contribution in [0.25, 0.3) is 0 Å². The van der Waals surface area contributed by atoms with Crippen molar-refractivity contribution < 1.29 is 9.59 Å². The normalized spacial score (nSPS) is 10.1. The molecule has 0 fully saturated rings. The number of pyridine rings is 1. The van der Waals surface area contributed by atoms with Crippen LogP contribution in [0, 0.1) is 0 Å². The summed E-state index contributed by atoms with van der Waals surface area (Å²) >= 11 is 3.34. The molecule has 0 radical (unpaired) electrons. The summed E-state index contributed by atoms with van der Waals surface area (Å²) < 4.78 is 0.920. The van der Waals surface area contributed by atoms with Crippen molar-refractivity contribution in [3.05, 3.63) is 88.7 Å². The molecule has 124 valence electrons. The fourth-order valence-electron chi connectivity index (χ4n) is 2.13. The number of halogens is 1. The molecule has 2 amide bonds. The third-order valence-electron chi connectivity index (χ3n) is 3.35. The Morgan fingerprint density at radius 3 is 1.76 bits per heavy atom. The van der Waals surface area contributed by atoms with E-state index >= 15 is 0 Å². The van der Waals surface area contributed by atoms with Crippen molar-refractivity contribution in [2.45, 2.75) is 0 Å². The second-order valence-corrected chi connectivity index (χ2v) is 6.10. The first-order valence-corrected chi connectivity index (χ1v) is 8.31. The average molecular weight is 396 g/mol. The van der Waals surface area contributed by atoms with Gasteiger partial charge < -0.3 is 10.6 Å². The van der Waals surface area contributed by atoms with Gasteiger partial charge in [0, 0.05) is 15.8 Å². The molecule has 0 unspecified atom stereocenters. The molecule has 0 aliphatic heterocycles. The summed E-state index contributed by atoms with van der Waals surface area (Å²) in [6.45, 7) is 0. The number of aromatic nitrogens is 1. The summed E-state index contributed by atoms with van der Waals surface area (Å²) in [5, 5.41) is 5.49. The minimum atomic E-state index is -0.378. The van der Waals surface area contributed by atoms with E-state index in [2.05, 4.69) is 31.5 Å². The molecule has 5 nitrogen and oxygen atoms in total. The smallest absolute Gasteiger partial charge is 0.274 e. The maximum atomic E-state index is 12.3. The molecule has 2 aromatic carbocycles. The van der Waals surface area contributed by atoms with Crippen molar-refractivity contribution >= 4 is 39.1 Å². The minimum Gasteiger partial charge on any atom is -0.321 e. The van der Waals surface area contributed by atoms with E-state index in [1.165, 1.54) is 0 Å². The van der Waals surface area contributed by atoms with Crippen molar-refractivity contribution in [2.75, 3.05) is 10.6 Å². The number of hydrogen-bond donors (Lipinski definition) is 2. The lowest BCUT2D eigenvalue weighted by Crippen LogP contribution is -2.18. The van der Waals surface area contributed by atoms with E-state index in [9.17, 15) is 9.59 Å². The summed E-state index contributed by atoms with van der Waals surface area (Å²) in [4.78, 5) is 28.7. The zero-order valence-corrected chi connectivity index (χ0v) is 14.7. The Morgan fingerprint density at radius 2 is 1.20 bits per heavy atom. The number of rotatable bonds is 4. The Kier molecular flexibility index (Phi) is 5.20. The molecule has 25 heavy (non-hydrogen) atoms. The second-order valence-electron chi connectivity index (χ2n) is 5.19. The Labute approximate surface area is 153 Å². The zero-order chi connectivity index (χ0) is 17.6. The van der Waals surface area contributed by atoms with Crippen molar-refractivity contribution in [1.82, 2.24) is 4.98 Å². The molecule has 0 aliphatic carbocycles. The van der Waals surface area contributed by atoms with E-state index < -0.39 is 0 Å². The quantitative estimate of drug-likeness (QED) is 0.689. The SMILES string of the molecule is O=C(Nc1ccccc1)c1cccc(C(=O)Nc2ccc(Br)cc2)n1. The van der Waals surface area contributed by atoms with Gasteiger partial charge in [-0.05, 0) is 48.5 Å². The highest BCUT2D eigenvalue weighted by molar-refractivity contribution is 9.10. The van der Waals surface area contributed by atoms with Crippen LogP contribution >= 0.6 is 15.9 Å². The lowest BCUT2D eigenvalue weighted by molar-refractivity contribution is 0.101. The van der Waals surface area contributed by atoms with E-state index in [0.717, 1.165) is 4.47 Å². The van der Waals surface area contributed by atoms with E-state index in [0.29, 0.717) is 11.4 Å². The van der Waals surface area contributed by atoms with Crippen LogP contribution in [-0.2, 0) is 0 Å². The Bertz CT molecular complexity index is 896. The number of hydrogen-bond acceptors (Lipinski definition) is 3. The van der Waals surface area contributed by atoms with E-state index in [1.807, 2.05) is 30.3 Å².